The van der Waals surface area contributed by atoms with Crippen molar-refractivity contribution in [2.75, 3.05) is 26.7 Å². The van der Waals surface area contributed by atoms with Gasteiger partial charge in [0.05, 0.1) is 17.6 Å². The molecule has 20 heavy (non-hydrogen) atoms. The minimum absolute atomic E-state index is 0.0889. The van der Waals surface area contributed by atoms with Gasteiger partial charge in [0.1, 0.15) is 0 Å². The van der Waals surface area contributed by atoms with Gasteiger partial charge in [0, 0.05) is 25.7 Å². The molecule has 0 radical (unpaired) electrons. The number of sulfonamides is 1. The molecule has 1 heterocycles. The summed E-state index contributed by atoms with van der Waals surface area (Å²) >= 11 is 0. The molecule has 0 amide bonds. The summed E-state index contributed by atoms with van der Waals surface area (Å²) in [4.78, 5) is 11.5. The summed E-state index contributed by atoms with van der Waals surface area (Å²) in [6.07, 6.45) is 0. The number of carbonyl (C=O) groups excluding carboxylic acids is 1. The van der Waals surface area contributed by atoms with E-state index in [4.69, 9.17) is 0 Å². The molecule has 6 nitrogen and oxygen atoms in total. The van der Waals surface area contributed by atoms with Crippen molar-refractivity contribution in [3.05, 3.63) is 29.8 Å². The van der Waals surface area contributed by atoms with E-state index in [1.807, 2.05) is 6.92 Å². The van der Waals surface area contributed by atoms with Gasteiger partial charge in [-0.05, 0) is 31.2 Å². The van der Waals surface area contributed by atoms with Crippen LogP contribution >= 0.6 is 0 Å². The quantitative estimate of drug-likeness (QED) is 0.820. The van der Waals surface area contributed by atoms with E-state index in [1.54, 1.807) is 0 Å². The SMILES string of the molecule is COC(=O)c1ccc(S(=O)(=O)N2CCNCC2C)cc1. The first kappa shape index (κ1) is 15.0. The van der Waals surface area contributed by atoms with E-state index in [-0.39, 0.29) is 10.9 Å². The van der Waals surface area contributed by atoms with Crippen molar-refractivity contribution in [1.82, 2.24) is 9.62 Å². The van der Waals surface area contributed by atoms with Gasteiger partial charge >= 0.3 is 5.97 Å². The maximum Gasteiger partial charge on any atom is 0.337 e. The van der Waals surface area contributed by atoms with Crippen LogP contribution in [0.1, 0.15) is 17.3 Å². The summed E-state index contributed by atoms with van der Waals surface area (Å²) in [5.74, 6) is -0.482. The number of hydrogen-bond acceptors (Lipinski definition) is 5. The lowest BCUT2D eigenvalue weighted by atomic mass is 10.2. The molecule has 1 aliphatic heterocycles. The van der Waals surface area contributed by atoms with Crippen LogP contribution in [-0.4, -0.2) is 51.5 Å². The Morgan fingerprint density at radius 3 is 2.55 bits per heavy atom. The molecule has 1 aliphatic rings. The lowest BCUT2D eigenvalue weighted by Crippen LogP contribution is -2.52. The topological polar surface area (TPSA) is 75.7 Å². The van der Waals surface area contributed by atoms with E-state index in [9.17, 15) is 13.2 Å². The molecule has 1 saturated heterocycles. The maximum atomic E-state index is 12.5. The van der Waals surface area contributed by atoms with Gasteiger partial charge < -0.3 is 10.1 Å². The molecule has 0 saturated carbocycles. The van der Waals surface area contributed by atoms with Crippen LogP contribution in [0.4, 0.5) is 0 Å². The van der Waals surface area contributed by atoms with Crippen LogP contribution in [0.5, 0.6) is 0 Å². The molecule has 1 aromatic carbocycles. The molecule has 1 atom stereocenters. The Kier molecular flexibility index (Phi) is 4.42. The number of benzene rings is 1. The molecular formula is C13H18N2O4S. The minimum Gasteiger partial charge on any atom is -0.465 e. The van der Waals surface area contributed by atoms with Crippen molar-refractivity contribution in [2.24, 2.45) is 0 Å². The number of methoxy groups -OCH3 is 1. The molecule has 1 N–H and O–H groups in total. The average molecular weight is 298 g/mol. The van der Waals surface area contributed by atoms with E-state index in [2.05, 4.69) is 10.1 Å². The number of carbonyl (C=O) groups is 1. The highest BCUT2D eigenvalue weighted by molar-refractivity contribution is 7.89. The van der Waals surface area contributed by atoms with Gasteiger partial charge in [-0.25, -0.2) is 13.2 Å². The van der Waals surface area contributed by atoms with E-state index in [0.29, 0.717) is 25.2 Å². The maximum absolute atomic E-state index is 12.5. The fourth-order valence-corrected chi connectivity index (χ4v) is 3.83. The Labute approximate surface area is 118 Å². The van der Waals surface area contributed by atoms with Gasteiger partial charge in [0.2, 0.25) is 10.0 Å². The Morgan fingerprint density at radius 1 is 1.35 bits per heavy atom. The molecule has 110 valence electrons. The lowest BCUT2D eigenvalue weighted by Gasteiger charge is -2.32. The van der Waals surface area contributed by atoms with Gasteiger partial charge in [0.25, 0.3) is 0 Å². The smallest absolute Gasteiger partial charge is 0.337 e. The Morgan fingerprint density at radius 2 is 2.00 bits per heavy atom. The van der Waals surface area contributed by atoms with Crippen LogP contribution in [0.3, 0.4) is 0 Å². The van der Waals surface area contributed by atoms with Gasteiger partial charge in [-0.3, -0.25) is 0 Å². The zero-order valence-electron chi connectivity index (χ0n) is 11.5. The first-order valence-corrected chi connectivity index (χ1v) is 7.82. The largest absolute Gasteiger partial charge is 0.465 e. The van der Waals surface area contributed by atoms with Crippen LogP contribution < -0.4 is 5.32 Å². The van der Waals surface area contributed by atoms with Crippen molar-refractivity contribution >= 4 is 16.0 Å². The highest BCUT2D eigenvalue weighted by atomic mass is 32.2. The molecular weight excluding hydrogens is 280 g/mol. The molecule has 0 aliphatic carbocycles. The molecule has 1 fully saturated rings. The third kappa shape index (κ3) is 2.84. The molecule has 0 aromatic heterocycles. The summed E-state index contributed by atoms with van der Waals surface area (Å²) in [6, 6.07) is 5.72. The number of ether oxygens (including phenoxy) is 1. The normalized spacial score (nSPS) is 20.6. The summed E-state index contributed by atoms with van der Waals surface area (Å²) < 4.78 is 31.1. The molecule has 1 unspecified atom stereocenters. The second-order valence-electron chi connectivity index (χ2n) is 4.68. The van der Waals surface area contributed by atoms with Crippen LogP contribution in [-0.2, 0) is 14.8 Å². The second-order valence-corrected chi connectivity index (χ2v) is 6.58. The highest BCUT2D eigenvalue weighted by Crippen LogP contribution is 2.20. The van der Waals surface area contributed by atoms with Gasteiger partial charge in [0.15, 0.2) is 0 Å². The summed E-state index contributed by atoms with van der Waals surface area (Å²) in [6.45, 7) is 3.60. The third-order valence-corrected chi connectivity index (χ3v) is 5.35. The van der Waals surface area contributed by atoms with E-state index in [1.165, 1.54) is 35.7 Å². The molecule has 0 spiro atoms. The van der Waals surface area contributed by atoms with Gasteiger partial charge in [-0.1, -0.05) is 0 Å². The van der Waals surface area contributed by atoms with Crippen molar-refractivity contribution < 1.29 is 17.9 Å². The van der Waals surface area contributed by atoms with Gasteiger partial charge in [-0.2, -0.15) is 4.31 Å². The van der Waals surface area contributed by atoms with Crippen LogP contribution in [0.15, 0.2) is 29.2 Å². The van der Waals surface area contributed by atoms with E-state index in [0.717, 1.165) is 0 Å². The Hall–Kier alpha value is -1.44. The summed E-state index contributed by atoms with van der Waals surface area (Å²) in [5.41, 5.74) is 0.333. The Balaban J connectivity index is 2.27. The fourth-order valence-electron chi connectivity index (χ4n) is 2.20. The van der Waals surface area contributed by atoms with Crippen LogP contribution in [0.25, 0.3) is 0 Å². The summed E-state index contributed by atoms with van der Waals surface area (Å²) in [7, 11) is -2.23. The predicted octanol–water partition coefficient (Wildman–Crippen LogP) is 0.456. The van der Waals surface area contributed by atoms with Crippen molar-refractivity contribution in [2.45, 2.75) is 17.9 Å². The first-order chi connectivity index (χ1) is 9.46. The molecule has 1 aromatic rings. The monoisotopic (exact) mass is 298 g/mol. The molecule has 7 heteroatoms. The lowest BCUT2D eigenvalue weighted by molar-refractivity contribution is 0.0600. The van der Waals surface area contributed by atoms with E-state index >= 15 is 0 Å². The molecule has 2 rings (SSSR count). The van der Waals surface area contributed by atoms with Crippen molar-refractivity contribution in [1.29, 1.82) is 0 Å². The van der Waals surface area contributed by atoms with E-state index < -0.39 is 16.0 Å². The fraction of sp³-hybridized carbons (Fsp3) is 0.462. The van der Waals surface area contributed by atoms with Crippen molar-refractivity contribution in [3.8, 4) is 0 Å². The number of piperazine rings is 1. The standard InChI is InChI=1S/C13H18N2O4S/c1-10-9-14-7-8-15(10)20(17,18)12-5-3-11(4-6-12)13(16)19-2/h3-6,10,14H,7-9H2,1-2H3. The first-order valence-electron chi connectivity index (χ1n) is 6.38. The second kappa shape index (κ2) is 5.90. The summed E-state index contributed by atoms with van der Waals surface area (Å²) in [5, 5.41) is 3.15. The number of nitrogens with one attached hydrogen (secondary N) is 1. The third-order valence-electron chi connectivity index (χ3n) is 3.32. The van der Waals surface area contributed by atoms with Gasteiger partial charge in [-0.15, -0.1) is 0 Å². The average Bonchev–Trinajstić information content (AvgIpc) is 2.47. The number of nitrogens with zero attached hydrogens (tertiary/aromatic N) is 1. The molecule has 0 bridgehead atoms. The minimum atomic E-state index is -3.52. The van der Waals surface area contributed by atoms with Crippen LogP contribution in [0, 0.1) is 0 Å². The number of rotatable bonds is 3. The predicted molar refractivity (Wildman–Crippen MR) is 74.0 cm³/mol. The highest BCUT2D eigenvalue weighted by Gasteiger charge is 2.30. The zero-order chi connectivity index (χ0) is 14.8. The van der Waals surface area contributed by atoms with Crippen molar-refractivity contribution in [3.63, 3.8) is 0 Å². The van der Waals surface area contributed by atoms with Crippen LogP contribution in [0.2, 0.25) is 0 Å². The number of esters is 1. The number of hydrogen-bond donors (Lipinski definition) is 1. The Bertz CT molecular complexity index is 583. The zero-order valence-corrected chi connectivity index (χ0v) is 12.3.